The standard InChI is InChI=1S/C59H37N3O/c1-4-14-38(15-5-1)39-28-34-46(35-29-39)59-61-51(42-16-6-2-7-17-42)37-52(62-59)43-30-24-40(25-31-43)41-26-32-44(33-27-41)55-56-47-20-10-12-22-50(47)60-58(45-18-8-3-9-19-45)49(56)36-54-57(55)48-21-11-13-23-53(48)63-54/h1-37H. The Bertz CT molecular complexity index is 3620. The predicted molar refractivity (Wildman–Crippen MR) is 260 cm³/mol. The second kappa shape index (κ2) is 15.2. The second-order valence-corrected chi connectivity index (χ2v) is 15.9. The van der Waals surface area contributed by atoms with E-state index in [0.717, 1.165) is 105 Å². The van der Waals surface area contributed by atoms with Crippen LogP contribution in [0.15, 0.2) is 229 Å². The van der Waals surface area contributed by atoms with E-state index >= 15 is 0 Å². The first-order valence-electron chi connectivity index (χ1n) is 21.3. The topological polar surface area (TPSA) is 51.8 Å². The maximum Gasteiger partial charge on any atom is 0.160 e. The molecule has 0 radical (unpaired) electrons. The van der Waals surface area contributed by atoms with Crippen LogP contribution in [-0.4, -0.2) is 15.0 Å². The van der Waals surface area contributed by atoms with E-state index in [1.54, 1.807) is 0 Å². The summed E-state index contributed by atoms with van der Waals surface area (Å²) in [7, 11) is 0. The summed E-state index contributed by atoms with van der Waals surface area (Å²) in [4.78, 5) is 15.5. The first-order chi connectivity index (χ1) is 31.2. The van der Waals surface area contributed by atoms with E-state index in [0.29, 0.717) is 5.82 Å². The van der Waals surface area contributed by atoms with E-state index in [1.807, 2.05) is 36.4 Å². The fraction of sp³-hybridized carbons (Fsp3) is 0. The monoisotopic (exact) mass is 803 g/mol. The average molecular weight is 804 g/mol. The summed E-state index contributed by atoms with van der Waals surface area (Å²) in [6.07, 6.45) is 0. The smallest absolute Gasteiger partial charge is 0.160 e. The quantitative estimate of drug-likeness (QED) is 0.151. The van der Waals surface area contributed by atoms with Gasteiger partial charge in [-0.15, -0.1) is 0 Å². The minimum atomic E-state index is 0.693. The van der Waals surface area contributed by atoms with Crippen LogP contribution in [-0.2, 0) is 0 Å². The van der Waals surface area contributed by atoms with E-state index < -0.39 is 0 Å². The molecule has 0 aliphatic rings. The fourth-order valence-corrected chi connectivity index (χ4v) is 9.01. The lowest BCUT2D eigenvalue weighted by atomic mass is 9.89. The number of furan rings is 1. The number of aromatic nitrogens is 3. The van der Waals surface area contributed by atoms with Gasteiger partial charge in [-0.2, -0.15) is 0 Å². The van der Waals surface area contributed by atoms with Crippen LogP contribution >= 0.6 is 0 Å². The Balaban J connectivity index is 0.950. The van der Waals surface area contributed by atoms with E-state index in [9.17, 15) is 0 Å². The van der Waals surface area contributed by atoms with Crippen molar-refractivity contribution in [2.45, 2.75) is 0 Å². The third kappa shape index (κ3) is 6.53. The number of hydrogen-bond acceptors (Lipinski definition) is 4. The molecule has 9 aromatic carbocycles. The summed E-state index contributed by atoms with van der Waals surface area (Å²) >= 11 is 0. The zero-order valence-corrected chi connectivity index (χ0v) is 34.1. The third-order valence-electron chi connectivity index (χ3n) is 12.1. The molecule has 0 unspecified atom stereocenters. The Kier molecular flexibility index (Phi) is 8.79. The van der Waals surface area contributed by atoms with Gasteiger partial charge in [-0.1, -0.05) is 200 Å². The molecule has 0 bridgehead atoms. The maximum atomic E-state index is 6.62. The molecule has 0 spiro atoms. The molecule has 0 saturated carbocycles. The molecule has 0 saturated heterocycles. The lowest BCUT2D eigenvalue weighted by Gasteiger charge is -2.16. The normalized spacial score (nSPS) is 11.5. The summed E-state index contributed by atoms with van der Waals surface area (Å²) in [6, 6.07) is 78.5. The highest BCUT2D eigenvalue weighted by Crippen LogP contribution is 2.46. The fourth-order valence-electron chi connectivity index (χ4n) is 9.01. The predicted octanol–water partition coefficient (Wildman–Crippen LogP) is 15.7. The van der Waals surface area contributed by atoms with Gasteiger partial charge in [0.25, 0.3) is 0 Å². The van der Waals surface area contributed by atoms with Gasteiger partial charge in [-0.3, -0.25) is 0 Å². The van der Waals surface area contributed by atoms with Crippen molar-refractivity contribution in [2.75, 3.05) is 0 Å². The summed E-state index contributed by atoms with van der Waals surface area (Å²) in [5, 5.41) is 5.55. The van der Waals surface area contributed by atoms with E-state index in [4.69, 9.17) is 19.4 Å². The Hall–Kier alpha value is -8.47. The van der Waals surface area contributed by atoms with Gasteiger partial charge in [0, 0.05) is 54.7 Å². The summed E-state index contributed by atoms with van der Waals surface area (Å²) in [6.45, 7) is 0. The third-order valence-corrected chi connectivity index (χ3v) is 12.1. The zero-order chi connectivity index (χ0) is 41.7. The van der Waals surface area contributed by atoms with Gasteiger partial charge in [0.15, 0.2) is 5.82 Å². The van der Waals surface area contributed by atoms with Crippen LogP contribution in [0, 0.1) is 0 Å². The molecule has 0 aliphatic heterocycles. The molecule has 0 fully saturated rings. The Morgan fingerprint density at radius 1 is 0.286 bits per heavy atom. The SMILES string of the molecule is c1ccc(-c2ccc(-c3nc(-c4ccccc4)cc(-c4ccc(-c5ccc(-c6c7c(cc8c(-c9ccccc9)nc9ccccc9c68)oc6ccccc67)cc5)cc4)n3)cc2)cc1. The van der Waals surface area contributed by atoms with Crippen molar-refractivity contribution >= 4 is 43.6 Å². The zero-order valence-electron chi connectivity index (χ0n) is 34.1. The van der Waals surface area contributed by atoms with E-state index in [2.05, 4.69) is 188 Å². The molecule has 0 N–H and O–H groups in total. The van der Waals surface area contributed by atoms with Crippen molar-refractivity contribution < 1.29 is 4.42 Å². The Labute approximate surface area is 364 Å². The van der Waals surface area contributed by atoms with Crippen molar-refractivity contribution in [1.29, 1.82) is 0 Å². The molecule has 12 aromatic rings. The highest BCUT2D eigenvalue weighted by molar-refractivity contribution is 6.27. The number of rotatable bonds is 7. The van der Waals surface area contributed by atoms with Crippen molar-refractivity contribution in [2.24, 2.45) is 0 Å². The van der Waals surface area contributed by atoms with Crippen LogP contribution in [0.4, 0.5) is 0 Å². The van der Waals surface area contributed by atoms with Crippen LogP contribution in [0.1, 0.15) is 0 Å². The van der Waals surface area contributed by atoms with Gasteiger partial charge in [-0.25, -0.2) is 15.0 Å². The van der Waals surface area contributed by atoms with Gasteiger partial charge in [-0.05, 0) is 52.1 Å². The average Bonchev–Trinajstić information content (AvgIpc) is 3.74. The molecule has 0 aliphatic carbocycles. The number of pyridine rings is 1. The minimum absolute atomic E-state index is 0.693. The van der Waals surface area contributed by atoms with Gasteiger partial charge in [0.1, 0.15) is 11.2 Å². The van der Waals surface area contributed by atoms with Crippen LogP contribution < -0.4 is 0 Å². The number of nitrogens with zero attached hydrogens (tertiary/aromatic N) is 3. The van der Waals surface area contributed by atoms with Gasteiger partial charge in [0.05, 0.1) is 22.6 Å². The first kappa shape index (κ1) is 36.4. The molecule has 3 heterocycles. The molecule has 12 rings (SSSR count). The summed E-state index contributed by atoms with van der Waals surface area (Å²) in [5.41, 5.74) is 16.3. The number of benzene rings is 9. The molecule has 4 nitrogen and oxygen atoms in total. The second-order valence-electron chi connectivity index (χ2n) is 15.9. The maximum absolute atomic E-state index is 6.62. The largest absolute Gasteiger partial charge is 0.456 e. The first-order valence-corrected chi connectivity index (χ1v) is 21.3. The molecule has 0 amide bonds. The lowest BCUT2D eigenvalue weighted by Crippen LogP contribution is -1.96. The van der Waals surface area contributed by atoms with Crippen LogP contribution in [0.2, 0.25) is 0 Å². The van der Waals surface area contributed by atoms with Gasteiger partial charge >= 0.3 is 0 Å². The molecule has 3 aromatic heterocycles. The Morgan fingerprint density at radius 3 is 1.38 bits per heavy atom. The molecule has 63 heavy (non-hydrogen) atoms. The molecular weight excluding hydrogens is 767 g/mol. The van der Waals surface area contributed by atoms with Gasteiger partial charge in [0.2, 0.25) is 0 Å². The molecular formula is C59H37N3O. The van der Waals surface area contributed by atoms with Crippen LogP contribution in [0.5, 0.6) is 0 Å². The highest BCUT2D eigenvalue weighted by atomic mass is 16.3. The van der Waals surface area contributed by atoms with Crippen molar-refractivity contribution in [3.8, 4) is 78.5 Å². The molecule has 4 heteroatoms. The van der Waals surface area contributed by atoms with Crippen molar-refractivity contribution in [1.82, 2.24) is 15.0 Å². The van der Waals surface area contributed by atoms with E-state index in [1.165, 1.54) is 10.9 Å². The van der Waals surface area contributed by atoms with Crippen molar-refractivity contribution in [3.63, 3.8) is 0 Å². The number of para-hydroxylation sites is 2. The lowest BCUT2D eigenvalue weighted by molar-refractivity contribution is 0.669. The van der Waals surface area contributed by atoms with Crippen LogP contribution in [0.3, 0.4) is 0 Å². The highest BCUT2D eigenvalue weighted by Gasteiger charge is 2.22. The molecule has 294 valence electrons. The van der Waals surface area contributed by atoms with Gasteiger partial charge < -0.3 is 4.42 Å². The number of fused-ring (bicyclic) bond motifs is 6. The number of hydrogen-bond donors (Lipinski definition) is 0. The Morgan fingerprint density at radius 2 is 0.746 bits per heavy atom. The van der Waals surface area contributed by atoms with E-state index in [-0.39, 0.29) is 0 Å². The van der Waals surface area contributed by atoms with Crippen molar-refractivity contribution in [3.05, 3.63) is 224 Å². The minimum Gasteiger partial charge on any atom is -0.456 e. The summed E-state index contributed by atoms with van der Waals surface area (Å²) < 4.78 is 6.62. The van der Waals surface area contributed by atoms with Crippen LogP contribution in [0.25, 0.3) is 122 Å². The summed E-state index contributed by atoms with van der Waals surface area (Å²) in [5.74, 6) is 0.693. The molecule has 0 atom stereocenters.